The number of halogens is 1. The van der Waals surface area contributed by atoms with E-state index in [0.717, 1.165) is 12.5 Å². The lowest BCUT2D eigenvalue weighted by atomic mass is 9.85. The van der Waals surface area contributed by atoms with Crippen molar-refractivity contribution in [2.24, 2.45) is 5.92 Å². The molecule has 0 spiro atoms. The average Bonchev–Trinajstić information content (AvgIpc) is 2.86. The third kappa shape index (κ3) is 3.33. The summed E-state index contributed by atoms with van der Waals surface area (Å²) in [6.45, 7) is 1.49. The van der Waals surface area contributed by atoms with Crippen LogP contribution in [0.4, 0.5) is 11.4 Å². The van der Waals surface area contributed by atoms with Crippen molar-refractivity contribution < 1.29 is 4.79 Å². The number of benzene rings is 1. The molecule has 0 aromatic heterocycles. The molecule has 2 fully saturated rings. The van der Waals surface area contributed by atoms with E-state index in [9.17, 15) is 4.79 Å². The molecule has 5 heteroatoms. The van der Waals surface area contributed by atoms with Gasteiger partial charge in [0, 0.05) is 11.7 Å². The monoisotopic (exact) mass is 307 g/mol. The normalized spacial score (nSPS) is 25.6. The van der Waals surface area contributed by atoms with Crippen LogP contribution >= 0.6 is 11.6 Å². The van der Waals surface area contributed by atoms with Crippen LogP contribution in [0, 0.1) is 5.92 Å². The minimum Gasteiger partial charge on any atom is -0.399 e. The Labute approximate surface area is 130 Å². The van der Waals surface area contributed by atoms with E-state index in [0.29, 0.717) is 29.0 Å². The highest BCUT2D eigenvalue weighted by molar-refractivity contribution is 6.33. The Morgan fingerprint density at radius 3 is 3.00 bits per heavy atom. The summed E-state index contributed by atoms with van der Waals surface area (Å²) in [5.74, 6) is 0.788. The van der Waals surface area contributed by atoms with Crippen LogP contribution in [0.15, 0.2) is 18.2 Å². The maximum absolute atomic E-state index is 12.3. The van der Waals surface area contributed by atoms with Crippen molar-refractivity contribution in [3.63, 3.8) is 0 Å². The number of hydrogen-bond donors (Lipinski definition) is 2. The molecule has 3 rings (SSSR count). The molecule has 0 bridgehead atoms. The minimum absolute atomic E-state index is 0.00581. The Bertz CT molecular complexity index is 534. The maximum Gasteiger partial charge on any atom is 0.238 e. The number of amides is 1. The molecule has 2 atom stereocenters. The zero-order valence-electron chi connectivity index (χ0n) is 12.1. The fraction of sp³-hybridized carbons (Fsp3) is 0.562. The van der Waals surface area contributed by atoms with E-state index in [4.69, 9.17) is 17.3 Å². The first-order chi connectivity index (χ1) is 10.1. The van der Waals surface area contributed by atoms with Gasteiger partial charge in [-0.1, -0.05) is 24.4 Å². The number of rotatable bonds is 3. The molecule has 1 aliphatic carbocycles. The number of carbonyl (C=O) groups is 1. The Balaban J connectivity index is 1.60. The molecule has 1 aromatic rings. The van der Waals surface area contributed by atoms with Crippen molar-refractivity contribution in [1.29, 1.82) is 0 Å². The van der Waals surface area contributed by atoms with Gasteiger partial charge in [-0.05, 0) is 49.9 Å². The highest BCUT2D eigenvalue weighted by atomic mass is 35.5. The Morgan fingerprint density at radius 1 is 1.33 bits per heavy atom. The molecule has 1 saturated heterocycles. The molecule has 1 amide bonds. The fourth-order valence-electron chi connectivity index (χ4n) is 3.71. The molecule has 1 heterocycles. The highest BCUT2D eigenvalue weighted by Gasteiger charge is 2.36. The van der Waals surface area contributed by atoms with Crippen LogP contribution in [0.3, 0.4) is 0 Å². The minimum atomic E-state index is -0.00581. The van der Waals surface area contributed by atoms with E-state index in [-0.39, 0.29) is 5.91 Å². The third-order valence-corrected chi connectivity index (χ3v) is 5.07. The van der Waals surface area contributed by atoms with Gasteiger partial charge < -0.3 is 11.1 Å². The van der Waals surface area contributed by atoms with Crippen LogP contribution in [0.1, 0.15) is 32.1 Å². The number of likely N-dealkylation sites (tertiary alicyclic amines) is 1. The highest BCUT2D eigenvalue weighted by Crippen LogP contribution is 2.36. The molecule has 114 valence electrons. The van der Waals surface area contributed by atoms with Crippen LogP contribution in [-0.2, 0) is 4.79 Å². The standard InChI is InChI=1S/C16H22ClN3O/c17-13-6-5-12(18)9-14(13)19-16(21)10-20-8-7-11-3-1-2-4-15(11)20/h5-6,9,11,15H,1-4,7-8,10,18H2,(H,19,21). The van der Waals surface area contributed by atoms with Crippen LogP contribution in [-0.4, -0.2) is 29.9 Å². The van der Waals surface area contributed by atoms with E-state index in [1.165, 1.54) is 32.1 Å². The Morgan fingerprint density at radius 2 is 2.14 bits per heavy atom. The Hall–Kier alpha value is -1.26. The van der Waals surface area contributed by atoms with Gasteiger partial charge in [0.2, 0.25) is 5.91 Å². The van der Waals surface area contributed by atoms with Crippen molar-refractivity contribution >= 4 is 28.9 Å². The van der Waals surface area contributed by atoms with Crippen molar-refractivity contribution in [1.82, 2.24) is 4.90 Å². The lowest BCUT2D eigenvalue weighted by Gasteiger charge is -2.31. The van der Waals surface area contributed by atoms with E-state index < -0.39 is 0 Å². The number of carbonyl (C=O) groups excluding carboxylic acids is 1. The van der Waals surface area contributed by atoms with Crippen LogP contribution in [0.2, 0.25) is 5.02 Å². The molecular formula is C16H22ClN3O. The SMILES string of the molecule is Nc1ccc(Cl)c(NC(=O)CN2CCC3CCCCC32)c1. The molecule has 3 N–H and O–H groups in total. The van der Waals surface area contributed by atoms with Crippen molar-refractivity contribution in [3.8, 4) is 0 Å². The zero-order valence-corrected chi connectivity index (χ0v) is 12.9. The topological polar surface area (TPSA) is 58.4 Å². The number of nitrogens with two attached hydrogens (primary N) is 1. The van der Waals surface area contributed by atoms with Crippen molar-refractivity contribution in [3.05, 3.63) is 23.2 Å². The average molecular weight is 308 g/mol. The van der Waals surface area contributed by atoms with E-state index >= 15 is 0 Å². The van der Waals surface area contributed by atoms with E-state index in [1.54, 1.807) is 18.2 Å². The maximum atomic E-state index is 12.3. The second kappa shape index (κ2) is 6.24. The van der Waals surface area contributed by atoms with Crippen LogP contribution in [0.25, 0.3) is 0 Å². The molecular weight excluding hydrogens is 286 g/mol. The van der Waals surface area contributed by atoms with Gasteiger partial charge in [-0.15, -0.1) is 0 Å². The summed E-state index contributed by atoms with van der Waals surface area (Å²) in [7, 11) is 0. The molecule has 2 aliphatic rings. The van der Waals surface area contributed by atoms with Gasteiger partial charge in [0.05, 0.1) is 17.3 Å². The summed E-state index contributed by atoms with van der Waals surface area (Å²) in [5, 5.41) is 3.40. The molecule has 2 unspecified atom stereocenters. The lowest BCUT2D eigenvalue weighted by Crippen LogP contribution is -2.39. The van der Waals surface area contributed by atoms with Gasteiger partial charge in [-0.3, -0.25) is 9.69 Å². The number of anilines is 2. The number of nitrogens with one attached hydrogen (secondary N) is 1. The van der Waals surface area contributed by atoms with Gasteiger partial charge in [-0.2, -0.15) is 0 Å². The van der Waals surface area contributed by atoms with Gasteiger partial charge in [0.25, 0.3) is 0 Å². The van der Waals surface area contributed by atoms with Crippen molar-refractivity contribution in [2.45, 2.75) is 38.1 Å². The van der Waals surface area contributed by atoms with Gasteiger partial charge >= 0.3 is 0 Å². The summed E-state index contributed by atoms with van der Waals surface area (Å²) in [6, 6.07) is 5.74. The molecule has 1 aliphatic heterocycles. The van der Waals surface area contributed by atoms with E-state index in [2.05, 4.69) is 10.2 Å². The predicted octanol–water partition coefficient (Wildman–Crippen LogP) is 3.13. The first-order valence-electron chi connectivity index (χ1n) is 7.72. The van der Waals surface area contributed by atoms with Crippen LogP contribution < -0.4 is 11.1 Å². The van der Waals surface area contributed by atoms with Crippen molar-refractivity contribution in [2.75, 3.05) is 24.1 Å². The lowest BCUT2D eigenvalue weighted by molar-refractivity contribution is -0.117. The van der Waals surface area contributed by atoms with Crippen LogP contribution in [0.5, 0.6) is 0 Å². The molecule has 21 heavy (non-hydrogen) atoms. The Kier molecular flexibility index (Phi) is 4.36. The quantitative estimate of drug-likeness (QED) is 0.844. The molecule has 0 radical (unpaired) electrons. The third-order valence-electron chi connectivity index (χ3n) is 4.74. The number of nitrogens with zero attached hydrogens (tertiary/aromatic N) is 1. The second-order valence-corrected chi connectivity index (χ2v) is 6.57. The van der Waals surface area contributed by atoms with Gasteiger partial charge in [-0.25, -0.2) is 0 Å². The molecule has 1 aromatic carbocycles. The zero-order chi connectivity index (χ0) is 14.8. The van der Waals surface area contributed by atoms with Gasteiger partial charge in [0.15, 0.2) is 0 Å². The first-order valence-corrected chi connectivity index (χ1v) is 8.10. The molecule has 1 saturated carbocycles. The summed E-state index contributed by atoms with van der Waals surface area (Å²) >= 11 is 6.08. The summed E-state index contributed by atoms with van der Waals surface area (Å²) in [5.41, 5.74) is 6.93. The first kappa shape index (κ1) is 14.7. The number of fused-ring (bicyclic) bond motifs is 1. The molecule has 4 nitrogen and oxygen atoms in total. The summed E-state index contributed by atoms with van der Waals surface area (Å²) in [4.78, 5) is 14.6. The fourth-order valence-corrected chi connectivity index (χ4v) is 3.88. The number of nitrogen functional groups attached to an aromatic ring is 1. The smallest absolute Gasteiger partial charge is 0.238 e. The van der Waals surface area contributed by atoms with Gasteiger partial charge in [0.1, 0.15) is 0 Å². The summed E-state index contributed by atoms with van der Waals surface area (Å²) < 4.78 is 0. The summed E-state index contributed by atoms with van der Waals surface area (Å²) in [6.07, 6.45) is 6.43. The number of hydrogen-bond acceptors (Lipinski definition) is 3. The van der Waals surface area contributed by atoms with E-state index in [1.807, 2.05) is 0 Å². The largest absolute Gasteiger partial charge is 0.399 e. The predicted molar refractivity (Wildman–Crippen MR) is 86.4 cm³/mol. The second-order valence-electron chi connectivity index (χ2n) is 6.16.